The minimum absolute atomic E-state index is 0.127. The Balaban J connectivity index is 1.73. The van der Waals surface area contributed by atoms with Gasteiger partial charge in [0, 0.05) is 12.0 Å². The molecule has 0 aliphatic rings. The monoisotopic (exact) mass is 522 g/mol. The number of benzene rings is 2. The van der Waals surface area contributed by atoms with Crippen molar-refractivity contribution in [3.8, 4) is 5.75 Å². The van der Waals surface area contributed by atoms with E-state index in [1.54, 1.807) is 6.07 Å². The van der Waals surface area contributed by atoms with E-state index in [9.17, 15) is 4.57 Å². The average molecular weight is 523 g/mol. The van der Waals surface area contributed by atoms with Gasteiger partial charge in [-0.15, -0.1) is 0 Å². The molecule has 204 valence electrons. The van der Waals surface area contributed by atoms with Crippen LogP contribution in [0.25, 0.3) is 10.8 Å². The van der Waals surface area contributed by atoms with E-state index in [0.29, 0.717) is 32.2 Å². The van der Waals surface area contributed by atoms with E-state index in [4.69, 9.17) is 23.6 Å². The molecule has 0 N–H and O–H groups in total. The summed E-state index contributed by atoms with van der Waals surface area (Å²) >= 11 is 0. The van der Waals surface area contributed by atoms with Crippen molar-refractivity contribution in [2.75, 3.05) is 39.2 Å². The van der Waals surface area contributed by atoms with E-state index in [1.807, 2.05) is 43.3 Å². The zero-order valence-corrected chi connectivity index (χ0v) is 23.4. The molecule has 2 aromatic carbocycles. The minimum atomic E-state index is -3.49. The van der Waals surface area contributed by atoms with Crippen LogP contribution in [0.2, 0.25) is 0 Å². The zero-order valence-electron chi connectivity index (χ0n) is 22.5. The van der Waals surface area contributed by atoms with Gasteiger partial charge in [-0.05, 0) is 24.8 Å². The lowest BCUT2D eigenvalue weighted by Crippen LogP contribution is -2.11. The zero-order chi connectivity index (χ0) is 25.7. The van der Waals surface area contributed by atoms with Crippen LogP contribution in [0.15, 0.2) is 42.5 Å². The van der Waals surface area contributed by atoms with Crippen molar-refractivity contribution in [1.29, 1.82) is 0 Å². The first-order chi connectivity index (χ1) is 17.7. The van der Waals surface area contributed by atoms with Gasteiger partial charge in [-0.1, -0.05) is 112 Å². The summed E-state index contributed by atoms with van der Waals surface area (Å²) in [7, 11) is -3.49. The lowest BCUT2D eigenvalue weighted by Gasteiger charge is -2.18. The molecule has 0 aliphatic carbocycles. The summed E-state index contributed by atoms with van der Waals surface area (Å²) in [6.45, 7) is 6.42. The van der Waals surface area contributed by atoms with E-state index in [-0.39, 0.29) is 12.8 Å². The Kier molecular flexibility index (Phi) is 16.8. The maximum absolute atomic E-state index is 13.4. The van der Waals surface area contributed by atoms with Crippen LogP contribution in [0.4, 0.5) is 0 Å². The lowest BCUT2D eigenvalue weighted by molar-refractivity contribution is -0.112. The van der Waals surface area contributed by atoms with Gasteiger partial charge in [0.05, 0.1) is 32.6 Å². The minimum Gasteiger partial charge on any atom is -0.379 e. The van der Waals surface area contributed by atoms with Crippen molar-refractivity contribution in [2.45, 2.75) is 84.5 Å². The van der Waals surface area contributed by atoms with E-state index >= 15 is 0 Å². The number of fused-ring (bicyclic) bond motifs is 1. The Bertz CT molecular complexity index is 853. The number of hydrogen-bond acceptors (Lipinski definition) is 6. The summed E-state index contributed by atoms with van der Waals surface area (Å²) < 4.78 is 35.5. The highest BCUT2D eigenvalue weighted by Gasteiger charge is 2.27. The van der Waals surface area contributed by atoms with E-state index in [0.717, 1.165) is 23.6 Å². The molecule has 0 fully saturated rings. The second-order valence-corrected chi connectivity index (χ2v) is 11.2. The molecular weight excluding hydrogens is 475 g/mol. The van der Waals surface area contributed by atoms with E-state index in [2.05, 4.69) is 6.92 Å². The average Bonchev–Trinajstić information content (AvgIpc) is 2.90. The Morgan fingerprint density at radius 2 is 1.31 bits per heavy atom. The normalized spacial score (nSPS) is 13.2. The smallest absolute Gasteiger partial charge is 0.371 e. The van der Waals surface area contributed by atoms with Crippen LogP contribution in [-0.4, -0.2) is 39.2 Å². The summed E-state index contributed by atoms with van der Waals surface area (Å²) in [5.41, 5.74) is 0. The Morgan fingerprint density at radius 3 is 2.03 bits per heavy atom. The number of hydrogen-bond donors (Lipinski definition) is 0. The van der Waals surface area contributed by atoms with Crippen molar-refractivity contribution in [2.24, 2.45) is 0 Å². The van der Waals surface area contributed by atoms with E-state index < -0.39 is 7.60 Å². The molecule has 0 saturated carbocycles. The second kappa shape index (κ2) is 19.7. The molecule has 0 heterocycles. The predicted molar refractivity (Wildman–Crippen MR) is 148 cm³/mol. The summed E-state index contributed by atoms with van der Waals surface area (Å²) in [4.78, 5) is 5.57. The number of ether oxygens (including phenoxy) is 2. The topological polar surface area (TPSA) is 63.2 Å². The second-order valence-electron chi connectivity index (χ2n) is 9.15. The molecule has 1 unspecified atom stereocenters. The summed E-state index contributed by atoms with van der Waals surface area (Å²) in [6, 6.07) is 13.5. The molecule has 36 heavy (non-hydrogen) atoms. The highest BCUT2D eigenvalue weighted by molar-refractivity contribution is 7.53. The van der Waals surface area contributed by atoms with Crippen LogP contribution in [0.3, 0.4) is 0 Å². The van der Waals surface area contributed by atoms with Gasteiger partial charge in [-0.2, -0.15) is 0 Å². The quantitative estimate of drug-likeness (QED) is 0.0629. The maximum atomic E-state index is 13.4. The standard InChI is InChI=1S/C29H47O6P/c1-3-5-6-7-8-9-10-11-12-13-16-22-33-36(30,26-25-32-24-23-31-4-2)35-34-29-21-17-19-27-18-14-15-20-28(27)29/h14-15,17-21H,3-13,16,22-26H2,1-2H3. The van der Waals surface area contributed by atoms with Crippen molar-refractivity contribution >= 4 is 18.4 Å². The summed E-state index contributed by atoms with van der Waals surface area (Å²) in [5.74, 6) is 0.517. The largest absolute Gasteiger partial charge is 0.379 e. The molecule has 0 bridgehead atoms. The molecule has 1 atom stereocenters. The number of rotatable bonds is 23. The molecule has 2 rings (SSSR count). The third kappa shape index (κ3) is 13.2. The first-order valence-electron chi connectivity index (χ1n) is 13.9. The SMILES string of the molecule is CCCCCCCCCCCCCOP(=O)(CCOCCOCC)OOc1cccc2ccccc12. The van der Waals surface area contributed by atoms with Gasteiger partial charge >= 0.3 is 7.60 Å². The number of unbranched alkanes of at least 4 members (excludes halogenated alkanes) is 10. The Morgan fingerprint density at radius 1 is 0.667 bits per heavy atom. The van der Waals surface area contributed by atoms with Crippen molar-refractivity contribution < 1.29 is 28.1 Å². The van der Waals surface area contributed by atoms with Crippen LogP contribution in [-0.2, 0) is 23.2 Å². The van der Waals surface area contributed by atoms with Gasteiger partial charge < -0.3 is 18.9 Å². The highest BCUT2D eigenvalue weighted by Crippen LogP contribution is 2.48. The van der Waals surface area contributed by atoms with Crippen LogP contribution in [0.5, 0.6) is 5.75 Å². The van der Waals surface area contributed by atoms with Crippen LogP contribution in [0.1, 0.15) is 84.5 Å². The Hall–Kier alpha value is -1.43. The molecule has 0 aromatic heterocycles. The molecule has 0 spiro atoms. The fraction of sp³-hybridized carbons (Fsp3) is 0.655. The van der Waals surface area contributed by atoms with Gasteiger partial charge in [0.25, 0.3) is 0 Å². The summed E-state index contributed by atoms with van der Waals surface area (Å²) in [6.07, 6.45) is 13.9. The molecule has 0 saturated heterocycles. The van der Waals surface area contributed by atoms with Crippen LogP contribution < -0.4 is 4.89 Å². The molecule has 2 aromatic rings. The third-order valence-corrected chi connectivity index (χ3v) is 7.72. The van der Waals surface area contributed by atoms with E-state index in [1.165, 1.54) is 57.8 Å². The van der Waals surface area contributed by atoms with Gasteiger partial charge in [-0.3, -0.25) is 4.57 Å². The lowest BCUT2D eigenvalue weighted by atomic mass is 10.1. The first-order valence-corrected chi connectivity index (χ1v) is 15.6. The Labute approximate surface area is 218 Å². The van der Waals surface area contributed by atoms with Crippen LogP contribution >= 0.6 is 7.60 Å². The molecule has 7 heteroatoms. The van der Waals surface area contributed by atoms with Crippen molar-refractivity contribution in [3.05, 3.63) is 42.5 Å². The van der Waals surface area contributed by atoms with Crippen LogP contribution in [0, 0.1) is 0 Å². The fourth-order valence-corrected chi connectivity index (χ4v) is 5.20. The fourth-order valence-electron chi connectivity index (χ4n) is 4.00. The maximum Gasteiger partial charge on any atom is 0.371 e. The van der Waals surface area contributed by atoms with Gasteiger partial charge in [0.2, 0.25) is 0 Å². The van der Waals surface area contributed by atoms with Gasteiger partial charge in [0.15, 0.2) is 5.75 Å². The molecular formula is C29H47O6P. The van der Waals surface area contributed by atoms with Gasteiger partial charge in [0.1, 0.15) is 0 Å². The molecule has 0 aliphatic heterocycles. The molecule has 0 radical (unpaired) electrons. The van der Waals surface area contributed by atoms with Gasteiger partial charge in [-0.25, -0.2) is 0 Å². The molecule has 0 amide bonds. The van der Waals surface area contributed by atoms with Crippen molar-refractivity contribution in [1.82, 2.24) is 0 Å². The predicted octanol–water partition coefficient (Wildman–Crippen LogP) is 8.72. The summed E-state index contributed by atoms with van der Waals surface area (Å²) in [5, 5.41) is 1.92. The molecule has 6 nitrogen and oxygen atoms in total. The highest BCUT2D eigenvalue weighted by atomic mass is 31.2. The van der Waals surface area contributed by atoms with Crippen molar-refractivity contribution in [3.63, 3.8) is 0 Å². The first kappa shape index (κ1) is 30.8. The third-order valence-electron chi connectivity index (χ3n) is 6.11.